The molecule has 90 valence electrons. The van der Waals surface area contributed by atoms with E-state index in [0.29, 0.717) is 21.8 Å². The highest BCUT2D eigenvalue weighted by Crippen LogP contribution is 2.36. The topological polar surface area (TPSA) is 26.3 Å². The number of rotatable bonds is 5. The monoisotopic (exact) mass is 280 g/mol. The van der Waals surface area contributed by atoms with Crippen molar-refractivity contribution in [1.82, 2.24) is 0 Å². The Kier molecular flexibility index (Phi) is 5.85. The molecule has 1 aromatic carbocycles. The summed E-state index contributed by atoms with van der Waals surface area (Å²) in [5, 5.41) is 1.08. The maximum atomic E-state index is 11.7. The zero-order chi connectivity index (χ0) is 12.1. The molecule has 0 heterocycles. The van der Waals surface area contributed by atoms with Gasteiger partial charge in [0.15, 0.2) is 8.03 Å². The van der Waals surface area contributed by atoms with Crippen LogP contribution in [0.1, 0.15) is 25.8 Å². The molecule has 0 aliphatic rings. The van der Waals surface area contributed by atoms with Gasteiger partial charge in [0.1, 0.15) is 0 Å². The van der Waals surface area contributed by atoms with Gasteiger partial charge in [0.05, 0.1) is 12.3 Å². The van der Waals surface area contributed by atoms with Gasteiger partial charge in [0.25, 0.3) is 0 Å². The molecule has 0 fully saturated rings. The zero-order valence-corrected chi connectivity index (χ0v) is 11.8. The van der Waals surface area contributed by atoms with E-state index >= 15 is 0 Å². The summed E-state index contributed by atoms with van der Waals surface area (Å²) in [5.41, 5.74) is 0.707. The lowest BCUT2D eigenvalue weighted by atomic mass is 10.2. The van der Waals surface area contributed by atoms with Gasteiger partial charge in [-0.25, -0.2) is 0 Å². The van der Waals surface area contributed by atoms with Gasteiger partial charge < -0.3 is 4.52 Å². The average molecular weight is 281 g/mol. The van der Waals surface area contributed by atoms with Crippen LogP contribution in [0.15, 0.2) is 18.2 Å². The molecule has 0 bridgehead atoms. The third kappa shape index (κ3) is 4.10. The van der Waals surface area contributed by atoms with Gasteiger partial charge in [-0.15, -0.1) is 0 Å². The van der Waals surface area contributed by atoms with Crippen LogP contribution in [0.3, 0.4) is 0 Å². The van der Waals surface area contributed by atoms with Crippen molar-refractivity contribution in [1.29, 1.82) is 0 Å². The first kappa shape index (κ1) is 14.1. The van der Waals surface area contributed by atoms with Crippen molar-refractivity contribution < 1.29 is 9.09 Å². The first-order valence-electron chi connectivity index (χ1n) is 5.17. The third-order valence-electron chi connectivity index (χ3n) is 2.29. The van der Waals surface area contributed by atoms with Crippen molar-refractivity contribution in [2.24, 2.45) is 0 Å². The summed E-state index contributed by atoms with van der Waals surface area (Å²) in [5.74, 6) is 0. The van der Waals surface area contributed by atoms with E-state index in [2.05, 4.69) is 0 Å². The Morgan fingerprint density at radius 2 is 1.94 bits per heavy atom. The molecule has 0 aliphatic carbocycles. The van der Waals surface area contributed by atoms with Crippen molar-refractivity contribution in [2.75, 3.05) is 0 Å². The van der Waals surface area contributed by atoms with Crippen molar-refractivity contribution >= 4 is 31.2 Å². The lowest BCUT2D eigenvalue weighted by Crippen LogP contribution is -2.00. The van der Waals surface area contributed by atoms with E-state index in [1.54, 1.807) is 18.2 Å². The van der Waals surface area contributed by atoms with Crippen LogP contribution in [0.4, 0.5) is 0 Å². The highest BCUT2D eigenvalue weighted by molar-refractivity contribution is 7.38. The summed E-state index contributed by atoms with van der Waals surface area (Å²) in [6.45, 7) is 3.89. The lowest BCUT2D eigenvalue weighted by molar-refractivity contribution is 0.230. The molecule has 16 heavy (non-hydrogen) atoms. The van der Waals surface area contributed by atoms with Gasteiger partial charge >= 0.3 is 0 Å². The number of hydrogen-bond donors (Lipinski definition) is 0. The van der Waals surface area contributed by atoms with Crippen LogP contribution in [-0.4, -0.2) is 6.10 Å². The van der Waals surface area contributed by atoms with Crippen LogP contribution in [0, 0.1) is 0 Å². The zero-order valence-electron chi connectivity index (χ0n) is 9.30. The van der Waals surface area contributed by atoms with Gasteiger partial charge in [0, 0.05) is 10.0 Å². The van der Waals surface area contributed by atoms with E-state index in [4.69, 9.17) is 27.7 Å². The number of hydrogen-bond acceptors (Lipinski definition) is 2. The quantitative estimate of drug-likeness (QED) is 0.726. The Hall–Kier alpha value is -0.0100. The lowest BCUT2D eigenvalue weighted by Gasteiger charge is -2.11. The largest absolute Gasteiger partial charge is 0.327 e. The Morgan fingerprint density at radius 1 is 1.38 bits per heavy atom. The molecule has 2 unspecified atom stereocenters. The standard InChI is InChI=1S/C11H15Cl2O2P/c1-3-8(2)15-16(14)7-9-10(12)5-4-6-11(9)13/h4-6,8,16H,3,7H2,1-2H3. The van der Waals surface area contributed by atoms with Crippen LogP contribution in [0.2, 0.25) is 10.0 Å². The van der Waals surface area contributed by atoms with Gasteiger partial charge in [-0.2, -0.15) is 0 Å². The molecular formula is C11H15Cl2O2P. The third-order valence-corrected chi connectivity index (χ3v) is 4.31. The maximum absolute atomic E-state index is 11.7. The minimum Gasteiger partial charge on any atom is -0.327 e. The second kappa shape index (κ2) is 6.66. The van der Waals surface area contributed by atoms with Crippen LogP contribution in [0.5, 0.6) is 0 Å². The molecule has 1 aromatic rings. The van der Waals surface area contributed by atoms with Gasteiger partial charge in [-0.3, -0.25) is 4.57 Å². The first-order chi connectivity index (χ1) is 7.54. The summed E-state index contributed by atoms with van der Waals surface area (Å²) in [7, 11) is -2.12. The smallest absolute Gasteiger partial charge is 0.196 e. The summed E-state index contributed by atoms with van der Waals surface area (Å²) in [6.07, 6.45) is 1.15. The molecule has 2 nitrogen and oxygen atoms in total. The SMILES string of the molecule is CCC(C)O[PH](=O)Cc1c(Cl)cccc1Cl. The van der Waals surface area contributed by atoms with Gasteiger partial charge in [-0.1, -0.05) is 36.2 Å². The van der Waals surface area contributed by atoms with Gasteiger partial charge in [-0.05, 0) is 31.0 Å². The van der Waals surface area contributed by atoms with Crippen molar-refractivity contribution in [3.8, 4) is 0 Å². The van der Waals surface area contributed by atoms with E-state index in [9.17, 15) is 4.57 Å². The van der Waals surface area contributed by atoms with Crippen molar-refractivity contribution in [3.63, 3.8) is 0 Å². The summed E-state index contributed by atoms with van der Waals surface area (Å²) in [4.78, 5) is 0. The average Bonchev–Trinajstić information content (AvgIpc) is 2.23. The highest BCUT2D eigenvalue weighted by atomic mass is 35.5. The van der Waals surface area contributed by atoms with Crippen LogP contribution < -0.4 is 0 Å². The molecule has 0 saturated carbocycles. The summed E-state index contributed by atoms with van der Waals surface area (Å²) in [6, 6.07) is 5.24. The van der Waals surface area contributed by atoms with E-state index in [1.165, 1.54) is 0 Å². The molecule has 0 spiro atoms. The highest BCUT2D eigenvalue weighted by Gasteiger charge is 2.11. The van der Waals surface area contributed by atoms with E-state index in [0.717, 1.165) is 6.42 Å². The molecule has 1 rings (SSSR count). The van der Waals surface area contributed by atoms with Crippen LogP contribution in [-0.2, 0) is 15.3 Å². The minimum atomic E-state index is -2.12. The van der Waals surface area contributed by atoms with Crippen molar-refractivity contribution in [2.45, 2.75) is 32.5 Å². The van der Waals surface area contributed by atoms with Gasteiger partial charge in [0.2, 0.25) is 0 Å². The molecular weight excluding hydrogens is 266 g/mol. The van der Waals surface area contributed by atoms with Crippen molar-refractivity contribution in [3.05, 3.63) is 33.8 Å². The Balaban J connectivity index is 2.70. The molecule has 0 saturated heterocycles. The van der Waals surface area contributed by atoms with Crippen LogP contribution in [0.25, 0.3) is 0 Å². The fourth-order valence-corrected chi connectivity index (χ4v) is 3.32. The molecule has 2 atom stereocenters. The fraction of sp³-hybridized carbons (Fsp3) is 0.455. The molecule has 0 amide bonds. The summed E-state index contributed by atoms with van der Waals surface area (Å²) >= 11 is 12.0. The summed E-state index contributed by atoms with van der Waals surface area (Å²) < 4.78 is 17.1. The fourth-order valence-electron chi connectivity index (χ4n) is 1.19. The molecule has 0 radical (unpaired) electrons. The number of halogens is 2. The van der Waals surface area contributed by atoms with Crippen LogP contribution >= 0.6 is 31.2 Å². The predicted octanol–water partition coefficient (Wildman–Crippen LogP) is 4.78. The molecule has 5 heteroatoms. The van der Waals surface area contributed by atoms with E-state index in [1.807, 2.05) is 13.8 Å². The predicted molar refractivity (Wildman–Crippen MR) is 70.0 cm³/mol. The minimum absolute atomic E-state index is 0.00709. The Bertz CT molecular complexity index is 362. The Labute approximate surface area is 107 Å². The molecule has 0 aliphatic heterocycles. The Morgan fingerprint density at radius 3 is 2.44 bits per heavy atom. The van der Waals surface area contributed by atoms with E-state index in [-0.39, 0.29) is 6.10 Å². The second-order valence-corrected chi connectivity index (χ2v) is 5.73. The normalized spacial score (nSPS) is 14.8. The maximum Gasteiger partial charge on any atom is 0.196 e. The molecule has 0 aromatic heterocycles. The number of benzene rings is 1. The second-order valence-electron chi connectivity index (χ2n) is 3.59. The first-order valence-corrected chi connectivity index (χ1v) is 7.45. The van der Waals surface area contributed by atoms with E-state index < -0.39 is 8.03 Å². The molecule has 0 N–H and O–H groups in total.